The largest absolute Gasteiger partial charge is 0.485 e. The fourth-order valence-electron chi connectivity index (χ4n) is 5.27. The lowest BCUT2D eigenvalue weighted by Crippen LogP contribution is -2.40. The van der Waals surface area contributed by atoms with Crippen LogP contribution in [0.25, 0.3) is 0 Å². The highest BCUT2D eigenvalue weighted by molar-refractivity contribution is 7.89. The molecule has 0 bridgehead atoms. The Labute approximate surface area is 226 Å². The van der Waals surface area contributed by atoms with E-state index in [9.17, 15) is 8.42 Å². The van der Waals surface area contributed by atoms with E-state index in [0.717, 1.165) is 36.3 Å². The van der Waals surface area contributed by atoms with Gasteiger partial charge in [0, 0.05) is 36.9 Å². The van der Waals surface area contributed by atoms with Crippen molar-refractivity contribution >= 4 is 15.7 Å². The second kappa shape index (κ2) is 11.5. The maximum atomic E-state index is 14.0. The topological polar surface area (TPSA) is 62.3 Å². The Balaban J connectivity index is 1.44. The molecule has 202 valence electrons. The number of sulfonamides is 1. The molecule has 0 radical (unpaired) electrons. The summed E-state index contributed by atoms with van der Waals surface area (Å²) in [6.45, 7) is 4.67. The molecule has 5 rings (SSSR count). The first-order valence-electron chi connectivity index (χ1n) is 13.2. The standard InChI is InChI=1S/C30H37N3O4S/c1-23(25-12-8-5-9-13-25)33-20-28(22-36-21-24-10-6-4-7-11-24)37-29-18-26(14-15-30(29)38(33,34)35)32-17-16-27(19-32)31(2)3/h4-15,18,23,27-28H,16-17,19-22H2,1-3H3/t23-,27+,28-/m0/s1. The molecule has 2 aliphatic heterocycles. The van der Waals surface area contributed by atoms with E-state index in [2.05, 4.69) is 23.9 Å². The molecular weight excluding hydrogens is 498 g/mol. The Morgan fingerprint density at radius 2 is 1.71 bits per heavy atom. The number of hydrogen-bond acceptors (Lipinski definition) is 6. The number of benzene rings is 3. The highest BCUT2D eigenvalue weighted by atomic mass is 32.2. The maximum Gasteiger partial charge on any atom is 0.247 e. The zero-order chi connectivity index (χ0) is 26.7. The normalized spacial score (nSPS) is 22.1. The lowest BCUT2D eigenvalue weighted by molar-refractivity contribution is 0.0313. The molecule has 3 aromatic rings. The molecular formula is C30H37N3O4S. The van der Waals surface area contributed by atoms with Crippen LogP contribution in [0, 0.1) is 0 Å². The third-order valence-electron chi connectivity index (χ3n) is 7.58. The summed E-state index contributed by atoms with van der Waals surface area (Å²) in [4.78, 5) is 4.75. The molecule has 0 spiro atoms. The summed E-state index contributed by atoms with van der Waals surface area (Å²) in [5, 5.41) is 0. The molecule has 8 heteroatoms. The predicted molar refractivity (Wildman–Crippen MR) is 150 cm³/mol. The number of hydrogen-bond donors (Lipinski definition) is 0. The molecule has 2 heterocycles. The summed E-state index contributed by atoms with van der Waals surface area (Å²) in [6.07, 6.45) is 0.617. The van der Waals surface area contributed by atoms with Crippen molar-refractivity contribution < 1.29 is 17.9 Å². The first kappa shape index (κ1) is 26.7. The van der Waals surface area contributed by atoms with Crippen molar-refractivity contribution in [3.8, 4) is 5.75 Å². The van der Waals surface area contributed by atoms with Crippen molar-refractivity contribution in [2.75, 3.05) is 45.2 Å². The fourth-order valence-corrected chi connectivity index (χ4v) is 7.03. The number of anilines is 1. The number of likely N-dealkylation sites (N-methyl/N-ethyl adjacent to an activating group) is 1. The van der Waals surface area contributed by atoms with Crippen molar-refractivity contribution in [3.05, 3.63) is 90.0 Å². The van der Waals surface area contributed by atoms with Crippen LogP contribution in [0.15, 0.2) is 83.8 Å². The Morgan fingerprint density at radius 3 is 2.39 bits per heavy atom. The maximum absolute atomic E-state index is 14.0. The lowest BCUT2D eigenvalue weighted by Gasteiger charge is -2.29. The van der Waals surface area contributed by atoms with Crippen molar-refractivity contribution in [1.29, 1.82) is 0 Å². The van der Waals surface area contributed by atoms with Gasteiger partial charge in [0.15, 0.2) is 0 Å². The molecule has 0 amide bonds. The average Bonchev–Trinajstić information content (AvgIpc) is 3.39. The van der Waals surface area contributed by atoms with Gasteiger partial charge in [-0.25, -0.2) is 8.42 Å². The summed E-state index contributed by atoms with van der Waals surface area (Å²) in [5.41, 5.74) is 2.99. The van der Waals surface area contributed by atoms with Gasteiger partial charge >= 0.3 is 0 Å². The monoisotopic (exact) mass is 535 g/mol. The van der Waals surface area contributed by atoms with Gasteiger partial charge < -0.3 is 19.3 Å². The Bertz CT molecular complexity index is 1320. The van der Waals surface area contributed by atoms with E-state index in [-0.39, 0.29) is 24.1 Å². The van der Waals surface area contributed by atoms with Crippen LogP contribution in [0.4, 0.5) is 5.69 Å². The zero-order valence-corrected chi connectivity index (χ0v) is 23.2. The van der Waals surface area contributed by atoms with Crippen LogP contribution in [0.2, 0.25) is 0 Å². The van der Waals surface area contributed by atoms with Gasteiger partial charge in [-0.2, -0.15) is 4.31 Å². The molecule has 1 saturated heterocycles. The van der Waals surface area contributed by atoms with Gasteiger partial charge in [0.2, 0.25) is 10.0 Å². The van der Waals surface area contributed by atoms with Gasteiger partial charge in [0.25, 0.3) is 0 Å². The number of ether oxygens (including phenoxy) is 2. The third kappa shape index (κ3) is 5.73. The molecule has 1 fully saturated rings. The quantitative estimate of drug-likeness (QED) is 0.422. The molecule has 2 aliphatic rings. The smallest absolute Gasteiger partial charge is 0.247 e. The van der Waals surface area contributed by atoms with Gasteiger partial charge in [-0.1, -0.05) is 60.7 Å². The molecule has 3 atom stereocenters. The van der Waals surface area contributed by atoms with Gasteiger partial charge in [0.1, 0.15) is 16.7 Å². The first-order valence-corrected chi connectivity index (χ1v) is 14.7. The second-order valence-corrected chi connectivity index (χ2v) is 12.2. The van der Waals surface area contributed by atoms with Crippen molar-refractivity contribution in [2.24, 2.45) is 0 Å². The van der Waals surface area contributed by atoms with E-state index in [1.165, 1.54) is 0 Å². The summed E-state index contributed by atoms with van der Waals surface area (Å²) < 4.78 is 42.1. The molecule has 0 unspecified atom stereocenters. The average molecular weight is 536 g/mol. The number of rotatable bonds is 8. The van der Waals surface area contributed by atoms with E-state index in [0.29, 0.717) is 18.4 Å². The van der Waals surface area contributed by atoms with E-state index in [4.69, 9.17) is 9.47 Å². The van der Waals surface area contributed by atoms with Crippen LogP contribution in [0.3, 0.4) is 0 Å². The highest BCUT2D eigenvalue weighted by Gasteiger charge is 2.38. The van der Waals surface area contributed by atoms with Crippen LogP contribution in [-0.2, 0) is 21.4 Å². The highest BCUT2D eigenvalue weighted by Crippen LogP contribution is 2.38. The van der Waals surface area contributed by atoms with Crippen LogP contribution < -0.4 is 9.64 Å². The Kier molecular flexibility index (Phi) is 8.04. The summed E-state index contributed by atoms with van der Waals surface area (Å²) in [5.74, 6) is 0.395. The second-order valence-electron chi connectivity index (χ2n) is 10.4. The molecule has 0 aliphatic carbocycles. The molecule has 0 saturated carbocycles. The van der Waals surface area contributed by atoms with E-state index in [1.54, 1.807) is 10.4 Å². The summed E-state index contributed by atoms with van der Waals surface area (Å²) in [7, 11) is 0.386. The van der Waals surface area contributed by atoms with Crippen molar-refractivity contribution in [2.45, 2.75) is 43.0 Å². The number of fused-ring (bicyclic) bond motifs is 1. The van der Waals surface area contributed by atoms with Crippen LogP contribution in [-0.4, -0.2) is 70.1 Å². The first-order chi connectivity index (χ1) is 18.3. The number of nitrogens with zero attached hydrogens (tertiary/aromatic N) is 3. The van der Waals surface area contributed by atoms with E-state index < -0.39 is 16.1 Å². The van der Waals surface area contributed by atoms with Gasteiger partial charge in [-0.15, -0.1) is 0 Å². The minimum atomic E-state index is -3.82. The summed E-state index contributed by atoms with van der Waals surface area (Å²) >= 11 is 0. The van der Waals surface area contributed by atoms with E-state index >= 15 is 0 Å². The van der Waals surface area contributed by atoms with Crippen molar-refractivity contribution in [3.63, 3.8) is 0 Å². The molecule has 7 nitrogen and oxygen atoms in total. The van der Waals surface area contributed by atoms with Gasteiger partial charge in [-0.3, -0.25) is 0 Å². The minimum absolute atomic E-state index is 0.198. The molecule has 0 aromatic heterocycles. The van der Waals surface area contributed by atoms with Gasteiger partial charge in [0.05, 0.1) is 19.8 Å². The zero-order valence-electron chi connectivity index (χ0n) is 22.4. The molecule has 0 N–H and O–H groups in total. The SMILES string of the molecule is C[C@@H](c1ccccc1)N1C[C@@H](COCc2ccccc2)Oc2cc(N3CC[C@@H](N(C)C)C3)ccc2S1(=O)=O. The third-order valence-corrected chi connectivity index (χ3v) is 9.56. The lowest BCUT2D eigenvalue weighted by atomic mass is 10.1. The van der Waals surface area contributed by atoms with Crippen LogP contribution in [0.1, 0.15) is 30.5 Å². The van der Waals surface area contributed by atoms with Crippen LogP contribution in [0.5, 0.6) is 5.75 Å². The van der Waals surface area contributed by atoms with Crippen molar-refractivity contribution in [1.82, 2.24) is 9.21 Å². The summed E-state index contributed by atoms with van der Waals surface area (Å²) in [6, 6.07) is 25.3. The Hall–Kier alpha value is -2.91. The van der Waals surface area contributed by atoms with Crippen LogP contribution >= 0.6 is 0 Å². The molecule has 38 heavy (non-hydrogen) atoms. The Morgan fingerprint density at radius 1 is 1.00 bits per heavy atom. The fraction of sp³-hybridized carbons (Fsp3) is 0.400. The predicted octanol–water partition coefficient (Wildman–Crippen LogP) is 4.56. The van der Waals surface area contributed by atoms with Gasteiger partial charge in [-0.05, 0) is 50.7 Å². The minimum Gasteiger partial charge on any atom is -0.485 e. The molecule has 3 aromatic carbocycles. The van der Waals surface area contributed by atoms with E-state index in [1.807, 2.05) is 79.7 Å².